The Bertz CT molecular complexity index is 1290. The second-order valence-electron chi connectivity index (χ2n) is 5.73. The van der Waals surface area contributed by atoms with Gasteiger partial charge in [0.25, 0.3) is 5.56 Å². The van der Waals surface area contributed by atoms with Crippen molar-refractivity contribution in [3.8, 4) is 5.75 Å². The van der Waals surface area contributed by atoms with Gasteiger partial charge in [0.05, 0.1) is 5.52 Å². The van der Waals surface area contributed by atoms with Gasteiger partial charge in [-0.05, 0) is 36.4 Å². The fraction of sp³-hybridized carbons (Fsp3) is 0.0556. The van der Waals surface area contributed by atoms with Crippen LogP contribution in [0.15, 0.2) is 52.1 Å². The molecule has 0 aliphatic carbocycles. The summed E-state index contributed by atoms with van der Waals surface area (Å²) in [6, 6.07) is 11.0. The lowest BCUT2D eigenvalue weighted by Crippen LogP contribution is -2.11. The maximum absolute atomic E-state index is 12.5. The number of ether oxygens (including phenoxy) is 1. The van der Waals surface area contributed by atoms with E-state index in [-0.39, 0.29) is 34.3 Å². The Hall–Kier alpha value is -3.52. The number of nitrogens with one attached hydrogen (secondary N) is 2. The highest BCUT2D eigenvalue weighted by Crippen LogP contribution is 2.17. The number of carbonyl (C=O) groups is 1. The van der Waals surface area contributed by atoms with E-state index in [1.807, 2.05) is 0 Å². The van der Waals surface area contributed by atoms with Gasteiger partial charge in [0, 0.05) is 22.0 Å². The molecule has 4 aromatic rings. The zero-order chi connectivity index (χ0) is 19.0. The van der Waals surface area contributed by atoms with Crippen LogP contribution >= 0.6 is 11.6 Å². The quantitative estimate of drug-likeness (QED) is 0.522. The van der Waals surface area contributed by atoms with Crippen LogP contribution in [0.4, 0.5) is 0 Å². The highest BCUT2D eigenvalue weighted by molar-refractivity contribution is 6.30. The van der Waals surface area contributed by atoms with Crippen molar-refractivity contribution in [1.82, 2.24) is 20.4 Å². The Morgan fingerprint density at radius 1 is 1.04 bits per heavy atom. The van der Waals surface area contributed by atoms with Crippen LogP contribution in [-0.2, 0) is 0 Å². The summed E-state index contributed by atoms with van der Waals surface area (Å²) >= 11 is 5.80. The Kier molecular flexibility index (Phi) is 4.17. The minimum atomic E-state index is -0.555. The van der Waals surface area contributed by atoms with Gasteiger partial charge >= 0.3 is 0 Å². The molecule has 9 heteroatoms. The molecular weight excluding hydrogens is 372 g/mol. The van der Waals surface area contributed by atoms with Gasteiger partial charge in [-0.3, -0.25) is 14.4 Å². The molecule has 0 amide bonds. The molecule has 0 bridgehead atoms. The third-order valence-corrected chi connectivity index (χ3v) is 4.25. The highest BCUT2D eigenvalue weighted by atomic mass is 35.5. The number of Topliss-reactive ketones (excluding diaryl/α,β-unsaturated/α-hetero) is 1. The van der Waals surface area contributed by atoms with E-state index in [0.717, 1.165) is 0 Å². The number of rotatable bonds is 4. The largest absolute Gasteiger partial charge is 0.485 e. The molecule has 0 fully saturated rings. The molecule has 2 heterocycles. The summed E-state index contributed by atoms with van der Waals surface area (Å²) in [6.07, 6.45) is 0. The number of aromatic amines is 2. The first-order chi connectivity index (χ1) is 13.0. The normalized spacial score (nSPS) is 11.0. The minimum Gasteiger partial charge on any atom is -0.485 e. The van der Waals surface area contributed by atoms with E-state index in [1.54, 1.807) is 30.3 Å². The number of hydrogen-bond acceptors (Lipinski definition) is 6. The second kappa shape index (κ2) is 6.65. The number of hydrogen-bond donors (Lipinski definition) is 2. The molecule has 27 heavy (non-hydrogen) atoms. The average Bonchev–Trinajstić information content (AvgIpc) is 3.13. The molecular formula is C18H11ClN4O4. The van der Waals surface area contributed by atoms with Gasteiger partial charge in [0.2, 0.25) is 5.43 Å². The van der Waals surface area contributed by atoms with Crippen LogP contribution in [0.2, 0.25) is 5.02 Å². The van der Waals surface area contributed by atoms with E-state index in [4.69, 9.17) is 16.3 Å². The summed E-state index contributed by atoms with van der Waals surface area (Å²) in [5.74, 6) is 0.101. The summed E-state index contributed by atoms with van der Waals surface area (Å²) in [6.45, 7) is -0.203. The molecule has 0 radical (unpaired) electrons. The molecule has 8 nitrogen and oxygen atoms in total. The smallest absolute Gasteiger partial charge is 0.278 e. The zero-order valence-electron chi connectivity index (χ0n) is 13.7. The molecule has 0 atom stereocenters. The molecule has 0 aliphatic rings. The number of ketones is 1. The first-order valence-electron chi connectivity index (χ1n) is 7.85. The molecule has 2 N–H and O–H groups in total. The maximum atomic E-state index is 12.5. The standard InChI is InChI=1S/C18H11ClN4O4/c19-10-3-1-9(2-4-10)14(24)8-27-11-5-6-12-13(7-11)20-18(26)16-15(17(12)25)21-23-22-16/h1-7H,8H2,(H,20,26)(H,21,22,23). The predicted octanol–water partition coefficient (Wildman–Crippen LogP) is 2.07. The molecule has 134 valence electrons. The summed E-state index contributed by atoms with van der Waals surface area (Å²) < 4.78 is 5.51. The van der Waals surface area contributed by atoms with Crippen molar-refractivity contribution in [2.24, 2.45) is 0 Å². The van der Waals surface area contributed by atoms with Crippen molar-refractivity contribution in [2.75, 3.05) is 6.61 Å². The Morgan fingerprint density at radius 2 is 1.78 bits per heavy atom. The van der Waals surface area contributed by atoms with Crippen LogP contribution in [-0.4, -0.2) is 32.8 Å². The summed E-state index contributed by atoms with van der Waals surface area (Å²) in [5.41, 5.74) is -0.374. The van der Waals surface area contributed by atoms with Crippen molar-refractivity contribution in [2.45, 2.75) is 0 Å². The number of nitrogens with zero attached hydrogens (tertiary/aromatic N) is 2. The Labute approximate surface area is 155 Å². The minimum absolute atomic E-state index is 0.0437. The van der Waals surface area contributed by atoms with Crippen molar-refractivity contribution in [3.05, 3.63) is 73.6 Å². The number of benzene rings is 2. The fourth-order valence-electron chi connectivity index (χ4n) is 2.64. The van der Waals surface area contributed by atoms with Crippen LogP contribution in [0.3, 0.4) is 0 Å². The van der Waals surface area contributed by atoms with Crippen LogP contribution < -0.4 is 15.7 Å². The van der Waals surface area contributed by atoms with E-state index in [2.05, 4.69) is 20.4 Å². The Morgan fingerprint density at radius 3 is 2.56 bits per heavy atom. The lowest BCUT2D eigenvalue weighted by molar-refractivity contribution is 0.0921. The van der Waals surface area contributed by atoms with E-state index < -0.39 is 11.0 Å². The molecule has 2 aromatic heterocycles. The van der Waals surface area contributed by atoms with Crippen LogP contribution in [0.25, 0.3) is 21.9 Å². The summed E-state index contributed by atoms with van der Waals surface area (Å²) in [7, 11) is 0. The van der Waals surface area contributed by atoms with Crippen molar-refractivity contribution in [1.29, 1.82) is 0 Å². The van der Waals surface area contributed by atoms with Crippen LogP contribution in [0.5, 0.6) is 5.75 Å². The van der Waals surface area contributed by atoms with Crippen molar-refractivity contribution >= 4 is 39.3 Å². The van der Waals surface area contributed by atoms with Gasteiger partial charge < -0.3 is 9.72 Å². The second-order valence-corrected chi connectivity index (χ2v) is 6.17. The lowest BCUT2D eigenvalue weighted by atomic mass is 10.1. The van der Waals surface area contributed by atoms with Gasteiger partial charge in [0.1, 0.15) is 5.75 Å². The first kappa shape index (κ1) is 16.9. The maximum Gasteiger partial charge on any atom is 0.278 e. The molecule has 0 saturated carbocycles. The monoisotopic (exact) mass is 382 g/mol. The van der Waals surface area contributed by atoms with E-state index in [0.29, 0.717) is 16.3 Å². The van der Waals surface area contributed by atoms with Crippen molar-refractivity contribution < 1.29 is 9.53 Å². The fourth-order valence-corrected chi connectivity index (χ4v) is 2.77. The van der Waals surface area contributed by atoms with Crippen LogP contribution in [0, 0.1) is 0 Å². The van der Waals surface area contributed by atoms with E-state index >= 15 is 0 Å². The van der Waals surface area contributed by atoms with E-state index in [1.165, 1.54) is 12.1 Å². The highest BCUT2D eigenvalue weighted by Gasteiger charge is 2.11. The van der Waals surface area contributed by atoms with Gasteiger partial charge in [-0.2, -0.15) is 15.4 Å². The van der Waals surface area contributed by atoms with Gasteiger partial charge in [-0.25, -0.2) is 0 Å². The number of halogens is 1. The zero-order valence-corrected chi connectivity index (χ0v) is 14.4. The SMILES string of the molecule is O=C(COc1ccc2c(=O)c3n[nH]nc3c(=O)[nH]c2c1)c1ccc(Cl)cc1. The molecule has 0 spiro atoms. The Balaban J connectivity index is 1.66. The van der Waals surface area contributed by atoms with E-state index in [9.17, 15) is 14.4 Å². The average molecular weight is 383 g/mol. The van der Waals surface area contributed by atoms with Gasteiger partial charge in [-0.1, -0.05) is 11.6 Å². The first-order valence-corrected chi connectivity index (χ1v) is 8.23. The summed E-state index contributed by atoms with van der Waals surface area (Å²) in [5, 5.41) is 10.5. The number of aromatic nitrogens is 4. The molecule has 0 aliphatic heterocycles. The molecule has 4 rings (SSSR count). The molecule has 2 aromatic carbocycles. The van der Waals surface area contributed by atoms with Crippen LogP contribution in [0.1, 0.15) is 10.4 Å². The van der Waals surface area contributed by atoms with Gasteiger partial charge in [0.15, 0.2) is 23.4 Å². The number of fused-ring (bicyclic) bond motifs is 2. The third kappa shape index (κ3) is 3.18. The van der Waals surface area contributed by atoms with Crippen molar-refractivity contribution in [3.63, 3.8) is 0 Å². The molecule has 0 saturated heterocycles. The number of H-pyrrole nitrogens is 2. The molecule has 0 unspecified atom stereocenters. The summed E-state index contributed by atoms with van der Waals surface area (Å²) in [4.78, 5) is 39.5. The third-order valence-electron chi connectivity index (χ3n) is 4.00. The lowest BCUT2D eigenvalue weighted by Gasteiger charge is -2.06. The number of carbonyl (C=O) groups excluding carboxylic acids is 1. The predicted molar refractivity (Wildman–Crippen MR) is 99.6 cm³/mol. The topological polar surface area (TPSA) is 118 Å². The van der Waals surface area contributed by atoms with Gasteiger partial charge in [-0.15, -0.1) is 0 Å².